The Balaban J connectivity index is 1.43. The summed E-state index contributed by atoms with van der Waals surface area (Å²) in [6, 6.07) is 11.8. The first-order chi connectivity index (χ1) is 13.7. The fourth-order valence-corrected chi connectivity index (χ4v) is 4.03. The van der Waals surface area contributed by atoms with Crippen LogP contribution in [0.4, 0.5) is 10.5 Å². The lowest BCUT2D eigenvalue weighted by atomic mass is 10.00. The van der Waals surface area contributed by atoms with E-state index >= 15 is 0 Å². The average molecular weight is 377 g/mol. The molecule has 0 aliphatic carbocycles. The van der Waals surface area contributed by atoms with Crippen LogP contribution in [0.25, 0.3) is 22.5 Å². The molecule has 0 spiro atoms. The number of anilines is 1. The molecule has 2 aliphatic heterocycles. The van der Waals surface area contributed by atoms with Crippen molar-refractivity contribution in [3.05, 3.63) is 53.9 Å². The minimum atomic E-state index is -0.246. The molecule has 1 amide bonds. The van der Waals surface area contributed by atoms with Crippen LogP contribution < -0.4 is 4.90 Å². The van der Waals surface area contributed by atoms with Gasteiger partial charge in [-0.3, -0.25) is 9.88 Å². The van der Waals surface area contributed by atoms with Crippen molar-refractivity contribution in [2.45, 2.75) is 38.5 Å². The molecule has 0 unspecified atom stereocenters. The number of benzene rings is 1. The van der Waals surface area contributed by atoms with E-state index in [4.69, 9.17) is 14.4 Å². The van der Waals surface area contributed by atoms with Crippen molar-refractivity contribution in [1.29, 1.82) is 0 Å². The van der Waals surface area contributed by atoms with Gasteiger partial charge in [0.25, 0.3) is 0 Å². The molecule has 4 heterocycles. The Morgan fingerprint density at radius 2 is 2.04 bits per heavy atom. The second kappa shape index (κ2) is 6.45. The number of pyridine rings is 1. The van der Waals surface area contributed by atoms with Crippen LogP contribution in [0.2, 0.25) is 0 Å². The summed E-state index contributed by atoms with van der Waals surface area (Å²) in [5, 5.41) is 13.0. The molecule has 28 heavy (non-hydrogen) atoms. The molecule has 5 rings (SSSR count). The number of carbonyl (C=O) groups is 1. The van der Waals surface area contributed by atoms with Gasteiger partial charge < -0.3 is 14.4 Å². The lowest BCUT2D eigenvalue weighted by Gasteiger charge is -2.15. The average Bonchev–Trinajstić information content (AvgIpc) is 3.42. The van der Waals surface area contributed by atoms with E-state index in [9.17, 15) is 4.79 Å². The monoisotopic (exact) mass is 377 g/mol. The Morgan fingerprint density at radius 1 is 1.18 bits per heavy atom. The van der Waals surface area contributed by atoms with Crippen molar-refractivity contribution in [3.8, 4) is 22.5 Å². The Labute approximate surface area is 161 Å². The second-order valence-corrected chi connectivity index (χ2v) is 7.08. The van der Waals surface area contributed by atoms with Crippen LogP contribution in [0.5, 0.6) is 0 Å². The van der Waals surface area contributed by atoms with Gasteiger partial charge in [-0.1, -0.05) is 24.2 Å². The highest BCUT2D eigenvalue weighted by molar-refractivity contribution is 5.94. The number of fused-ring (bicyclic) bond motifs is 3. The van der Waals surface area contributed by atoms with Crippen molar-refractivity contribution in [1.82, 2.24) is 10.1 Å². The Morgan fingerprint density at radius 3 is 2.75 bits per heavy atom. The maximum atomic E-state index is 12.2. The van der Waals surface area contributed by atoms with Crippen LogP contribution in [-0.4, -0.2) is 33.5 Å². The number of carbonyl (C=O) groups excluding carboxylic acids is 1. The molecule has 1 saturated heterocycles. The largest absolute Gasteiger partial charge is 0.444 e. The number of aliphatic hydroxyl groups is 1. The zero-order valence-corrected chi connectivity index (χ0v) is 15.3. The van der Waals surface area contributed by atoms with Gasteiger partial charge in [0.05, 0.1) is 17.4 Å². The number of amides is 1. The van der Waals surface area contributed by atoms with Crippen LogP contribution in [0.1, 0.15) is 24.7 Å². The van der Waals surface area contributed by atoms with Crippen LogP contribution in [-0.2, 0) is 17.8 Å². The molecular formula is C21H19N3O4. The molecule has 142 valence electrons. The molecule has 1 N–H and O–H groups in total. The van der Waals surface area contributed by atoms with Crippen molar-refractivity contribution in [3.63, 3.8) is 0 Å². The summed E-state index contributed by atoms with van der Waals surface area (Å²) in [4.78, 5) is 18.5. The van der Waals surface area contributed by atoms with E-state index in [2.05, 4.69) is 16.2 Å². The van der Waals surface area contributed by atoms with Gasteiger partial charge in [-0.15, -0.1) is 0 Å². The minimum Gasteiger partial charge on any atom is -0.444 e. The Bertz CT molecular complexity index is 1040. The standard InChI is InChI=1S/C21H19N3O4/c1-2-20-19-8-14-7-12(4-6-18(14)24(19)21(26)27-20)13-3-5-16(22-10-13)17-9-15(11-25)28-23-17/h3-7,9-10,19-20,25H,2,8,11H2,1H3/t19-,20-/m0/s1. The van der Waals surface area contributed by atoms with Crippen molar-refractivity contribution in [2.75, 3.05) is 4.90 Å². The summed E-state index contributed by atoms with van der Waals surface area (Å²) in [7, 11) is 0. The first kappa shape index (κ1) is 16.9. The van der Waals surface area contributed by atoms with Crippen molar-refractivity contribution in [2.24, 2.45) is 0 Å². The smallest absolute Gasteiger partial charge is 0.415 e. The highest BCUT2D eigenvalue weighted by atomic mass is 16.6. The molecule has 0 bridgehead atoms. The highest BCUT2D eigenvalue weighted by Gasteiger charge is 2.46. The molecule has 0 saturated carbocycles. The summed E-state index contributed by atoms with van der Waals surface area (Å²) in [6.07, 6.45) is 3.13. The number of rotatable bonds is 4. The normalized spacial score (nSPS) is 20.2. The first-order valence-corrected chi connectivity index (χ1v) is 9.34. The summed E-state index contributed by atoms with van der Waals surface area (Å²) < 4.78 is 10.5. The quantitative estimate of drug-likeness (QED) is 0.748. The lowest BCUT2D eigenvalue weighted by Crippen LogP contribution is -2.32. The third-order valence-electron chi connectivity index (χ3n) is 5.45. The van der Waals surface area contributed by atoms with E-state index in [1.54, 1.807) is 17.2 Å². The van der Waals surface area contributed by atoms with Gasteiger partial charge in [0, 0.05) is 17.8 Å². The fourth-order valence-electron chi connectivity index (χ4n) is 4.03. The Kier molecular flexibility index (Phi) is 3.91. The number of aromatic nitrogens is 2. The molecule has 1 aromatic carbocycles. The van der Waals surface area contributed by atoms with Gasteiger partial charge in [-0.2, -0.15) is 0 Å². The zero-order chi connectivity index (χ0) is 19.3. The third kappa shape index (κ3) is 2.58. The molecular weight excluding hydrogens is 358 g/mol. The summed E-state index contributed by atoms with van der Waals surface area (Å²) in [5.41, 5.74) is 5.41. The van der Waals surface area contributed by atoms with Crippen LogP contribution in [0.15, 0.2) is 47.1 Å². The molecule has 7 heteroatoms. The summed E-state index contributed by atoms with van der Waals surface area (Å²) in [5.74, 6) is 0.406. The number of nitrogens with zero attached hydrogens (tertiary/aromatic N) is 3. The number of cyclic esters (lactones) is 1. The molecule has 2 aromatic heterocycles. The number of hydrogen-bond acceptors (Lipinski definition) is 6. The molecule has 3 aromatic rings. The zero-order valence-electron chi connectivity index (χ0n) is 15.3. The van der Waals surface area contributed by atoms with Gasteiger partial charge in [-0.05, 0) is 42.2 Å². The lowest BCUT2D eigenvalue weighted by molar-refractivity contribution is 0.129. The van der Waals surface area contributed by atoms with Gasteiger partial charge >= 0.3 is 6.09 Å². The van der Waals surface area contributed by atoms with Crippen LogP contribution in [0, 0.1) is 0 Å². The van der Waals surface area contributed by atoms with E-state index < -0.39 is 0 Å². The second-order valence-electron chi connectivity index (χ2n) is 7.08. The van der Waals surface area contributed by atoms with Crippen LogP contribution >= 0.6 is 0 Å². The number of aliphatic hydroxyl groups excluding tert-OH is 1. The first-order valence-electron chi connectivity index (χ1n) is 9.34. The predicted molar refractivity (Wildman–Crippen MR) is 102 cm³/mol. The molecule has 2 atom stereocenters. The van der Waals surface area contributed by atoms with Crippen molar-refractivity contribution < 1.29 is 19.2 Å². The van der Waals surface area contributed by atoms with Gasteiger partial charge in [0.2, 0.25) is 0 Å². The topological polar surface area (TPSA) is 88.7 Å². The maximum absolute atomic E-state index is 12.2. The van der Waals surface area contributed by atoms with Crippen LogP contribution in [0.3, 0.4) is 0 Å². The minimum absolute atomic E-state index is 0.0458. The predicted octanol–water partition coefficient (Wildman–Crippen LogP) is 3.56. The number of hydrogen-bond donors (Lipinski definition) is 1. The molecule has 7 nitrogen and oxygen atoms in total. The molecule has 1 fully saturated rings. The Hall–Kier alpha value is -3.19. The number of ether oxygens (including phenoxy) is 1. The molecule has 2 aliphatic rings. The van der Waals surface area contributed by atoms with E-state index in [1.165, 1.54) is 0 Å². The van der Waals surface area contributed by atoms with Crippen molar-refractivity contribution >= 4 is 11.8 Å². The molecule has 0 radical (unpaired) electrons. The van der Waals surface area contributed by atoms with E-state index in [0.29, 0.717) is 17.1 Å². The van der Waals surface area contributed by atoms with Gasteiger partial charge in [0.15, 0.2) is 5.76 Å². The highest BCUT2D eigenvalue weighted by Crippen LogP contribution is 2.41. The summed E-state index contributed by atoms with van der Waals surface area (Å²) in [6.45, 7) is 1.85. The third-order valence-corrected chi connectivity index (χ3v) is 5.45. The SMILES string of the molecule is CC[C@@H]1OC(=O)N2c3ccc(-c4ccc(-c5cc(CO)on5)nc4)cc3C[C@@H]12. The van der Waals surface area contributed by atoms with Gasteiger partial charge in [0.1, 0.15) is 18.4 Å². The van der Waals surface area contributed by atoms with E-state index in [1.807, 2.05) is 31.2 Å². The summed E-state index contributed by atoms with van der Waals surface area (Å²) >= 11 is 0. The van der Waals surface area contributed by atoms with E-state index in [-0.39, 0.29) is 24.8 Å². The van der Waals surface area contributed by atoms with Gasteiger partial charge in [-0.25, -0.2) is 4.79 Å². The van der Waals surface area contributed by atoms with E-state index in [0.717, 1.165) is 35.2 Å². The maximum Gasteiger partial charge on any atom is 0.415 e. The fraction of sp³-hybridized carbons (Fsp3) is 0.286.